The molecule has 2 rings (SSSR count). The minimum atomic E-state index is 0.0676. The fourth-order valence-electron chi connectivity index (χ4n) is 1.82. The Morgan fingerprint density at radius 1 is 1.56 bits per heavy atom. The van der Waals surface area contributed by atoms with Crippen LogP contribution in [0.2, 0.25) is 0 Å². The van der Waals surface area contributed by atoms with Gasteiger partial charge in [0.2, 0.25) is 0 Å². The first-order chi connectivity index (χ1) is 7.76. The van der Waals surface area contributed by atoms with E-state index in [0.29, 0.717) is 24.2 Å². The van der Waals surface area contributed by atoms with Crippen molar-refractivity contribution in [2.75, 3.05) is 7.11 Å². The number of aldehydes is 1. The summed E-state index contributed by atoms with van der Waals surface area (Å²) in [6.45, 7) is 0. The van der Waals surface area contributed by atoms with Crippen LogP contribution in [0.4, 0.5) is 0 Å². The third kappa shape index (κ3) is 1.97. The van der Waals surface area contributed by atoms with Crippen LogP contribution >= 0.6 is 11.8 Å². The molecule has 0 spiro atoms. The maximum atomic E-state index is 11.9. The predicted octanol–water partition coefficient (Wildman–Crippen LogP) is 2.33. The molecule has 1 unspecified atom stereocenters. The van der Waals surface area contributed by atoms with Crippen molar-refractivity contribution in [2.24, 2.45) is 0 Å². The monoisotopic (exact) mass is 236 g/mol. The molecule has 0 radical (unpaired) electrons. The summed E-state index contributed by atoms with van der Waals surface area (Å²) in [6, 6.07) is 5.55. The molecule has 0 amide bonds. The first-order valence-electron chi connectivity index (χ1n) is 5.06. The van der Waals surface area contributed by atoms with Crippen molar-refractivity contribution < 1.29 is 14.3 Å². The van der Waals surface area contributed by atoms with E-state index in [-0.39, 0.29) is 11.0 Å². The molecule has 4 heteroatoms. The van der Waals surface area contributed by atoms with Gasteiger partial charge >= 0.3 is 0 Å². The molecule has 0 saturated heterocycles. The number of methoxy groups -OCH3 is 1. The molecule has 1 aromatic carbocycles. The molecular formula is C12H12O3S. The van der Waals surface area contributed by atoms with Crippen molar-refractivity contribution in [2.45, 2.75) is 23.0 Å². The summed E-state index contributed by atoms with van der Waals surface area (Å²) < 4.78 is 5.17. The van der Waals surface area contributed by atoms with E-state index in [0.717, 1.165) is 11.2 Å². The maximum Gasteiger partial charge on any atom is 0.168 e. The maximum absolute atomic E-state index is 11.9. The normalized spacial score (nSPS) is 19.1. The molecule has 1 heterocycles. The van der Waals surface area contributed by atoms with Crippen LogP contribution in [0, 0.1) is 0 Å². The lowest BCUT2D eigenvalue weighted by Crippen LogP contribution is -2.18. The zero-order valence-electron chi connectivity index (χ0n) is 8.93. The summed E-state index contributed by atoms with van der Waals surface area (Å²) in [7, 11) is 1.56. The van der Waals surface area contributed by atoms with Gasteiger partial charge in [-0.2, -0.15) is 0 Å². The van der Waals surface area contributed by atoms with Gasteiger partial charge in [-0.1, -0.05) is 6.07 Å². The van der Waals surface area contributed by atoms with Gasteiger partial charge in [-0.05, 0) is 12.1 Å². The van der Waals surface area contributed by atoms with Gasteiger partial charge in [0.25, 0.3) is 0 Å². The summed E-state index contributed by atoms with van der Waals surface area (Å²) in [6.07, 6.45) is 1.71. The van der Waals surface area contributed by atoms with Crippen LogP contribution in [0.15, 0.2) is 23.1 Å². The Labute approximate surface area is 98.2 Å². The highest BCUT2D eigenvalue weighted by Crippen LogP contribution is 2.40. The molecule has 0 saturated carbocycles. The van der Waals surface area contributed by atoms with E-state index in [1.807, 2.05) is 12.1 Å². The third-order valence-corrected chi connectivity index (χ3v) is 3.84. The molecule has 1 aliphatic rings. The number of hydrogen-bond donors (Lipinski definition) is 0. The zero-order chi connectivity index (χ0) is 11.5. The summed E-state index contributed by atoms with van der Waals surface area (Å²) in [5.41, 5.74) is 0.664. The van der Waals surface area contributed by atoms with Crippen LogP contribution in [0.5, 0.6) is 5.75 Å². The number of ether oxygens (including phenoxy) is 1. The molecule has 0 fully saturated rings. The average molecular weight is 236 g/mol. The molecular weight excluding hydrogens is 224 g/mol. The lowest BCUT2D eigenvalue weighted by molar-refractivity contribution is -0.107. The Morgan fingerprint density at radius 3 is 3.06 bits per heavy atom. The molecule has 0 bridgehead atoms. The molecule has 1 atom stereocenters. The number of benzene rings is 1. The van der Waals surface area contributed by atoms with Gasteiger partial charge in [-0.25, -0.2) is 0 Å². The van der Waals surface area contributed by atoms with Crippen molar-refractivity contribution in [3.05, 3.63) is 23.8 Å². The number of carbonyl (C=O) groups is 2. The molecule has 1 aromatic rings. The Kier molecular flexibility index (Phi) is 3.29. The number of Topliss-reactive ketones (excluding diaryl/α,β-unsaturated/α-hetero) is 1. The first-order valence-corrected chi connectivity index (χ1v) is 5.94. The second-order valence-electron chi connectivity index (χ2n) is 3.60. The van der Waals surface area contributed by atoms with E-state index in [2.05, 4.69) is 0 Å². The van der Waals surface area contributed by atoms with Crippen molar-refractivity contribution in [3.8, 4) is 5.75 Å². The van der Waals surface area contributed by atoms with Gasteiger partial charge in [0, 0.05) is 23.0 Å². The van der Waals surface area contributed by atoms with Crippen LogP contribution in [-0.4, -0.2) is 24.4 Å². The third-order valence-electron chi connectivity index (χ3n) is 2.55. The van der Waals surface area contributed by atoms with Gasteiger partial charge in [0.05, 0.1) is 12.7 Å². The quantitative estimate of drug-likeness (QED) is 0.755. The molecule has 1 aliphatic heterocycles. The molecule has 0 N–H and O–H groups in total. The largest absolute Gasteiger partial charge is 0.496 e. The van der Waals surface area contributed by atoms with Crippen LogP contribution in [0.3, 0.4) is 0 Å². The van der Waals surface area contributed by atoms with Crippen molar-refractivity contribution in [3.63, 3.8) is 0 Å². The highest BCUT2D eigenvalue weighted by atomic mass is 32.2. The summed E-state index contributed by atoms with van der Waals surface area (Å²) in [5.74, 6) is 0.692. The second-order valence-corrected chi connectivity index (χ2v) is 4.95. The lowest BCUT2D eigenvalue weighted by atomic mass is 10.0. The van der Waals surface area contributed by atoms with Gasteiger partial charge in [0.15, 0.2) is 5.78 Å². The first kappa shape index (κ1) is 11.2. The predicted molar refractivity (Wildman–Crippen MR) is 62.3 cm³/mol. The standard InChI is InChI=1S/C12H12O3S/c1-15-10-3-2-4-11-12(10)9(14)7-8(16-11)5-6-13/h2-4,6,8H,5,7H2,1H3. The fourth-order valence-corrected chi connectivity index (χ4v) is 3.08. The second kappa shape index (κ2) is 4.70. The van der Waals surface area contributed by atoms with Crippen molar-refractivity contribution in [1.29, 1.82) is 0 Å². The molecule has 0 aliphatic carbocycles. The van der Waals surface area contributed by atoms with Crippen molar-refractivity contribution >= 4 is 23.8 Å². The summed E-state index contributed by atoms with van der Waals surface area (Å²) in [4.78, 5) is 23.3. The number of fused-ring (bicyclic) bond motifs is 1. The van der Waals surface area contributed by atoms with Gasteiger partial charge < -0.3 is 9.53 Å². The number of hydrogen-bond acceptors (Lipinski definition) is 4. The smallest absolute Gasteiger partial charge is 0.168 e. The Bertz CT molecular complexity index is 428. The van der Waals surface area contributed by atoms with E-state index in [9.17, 15) is 9.59 Å². The van der Waals surface area contributed by atoms with Crippen LogP contribution in [-0.2, 0) is 4.79 Å². The Morgan fingerprint density at radius 2 is 2.38 bits per heavy atom. The number of carbonyl (C=O) groups excluding carboxylic acids is 2. The van der Waals surface area contributed by atoms with Crippen molar-refractivity contribution in [1.82, 2.24) is 0 Å². The molecule has 0 aromatic heterocycles. The Hall–Kier alpha value is -1.29. The topological polar surface area (TPSA) is 43.4 Å². The number of thioether (sulfide) groups is 1. The number of ketones is 1. The van der Waals surface area contributed by atoms with E-state index < -0.39 is 0 Å². The number of rotatable bonds is 3. The molecule has 84 valence electrons. The van der Waals surface area contributed by atoms with Crippen LogP contribution < -0.4 is 4.74 Å². The van der Waals surface area contributed by atoms with E-state index in [4.69, 9.17) is 4.74 Å². The van der Waals surface area contributed by atoms with E-state index in [1.165, 1.54) is 0 Å². The lowest BCUT2D eigenvalue weighted by Gasteiger charge is -2.22. The molecule has 3 nitrogen and oxygen atoms in total. The highest BCUT2D eigenvalue weighted by molar-refractivity contribution is 8.00. The summed E-state index contributed by atoms with van der Waals surface area (Å²) in [5, 5.41) is 0.0737. The zero-order valence-corrected chi connectivity index (χ0v) is 9.75. The Balaban J connectivity index is 2.37. The van der Waals surface area contributed by atoms with Gasteiger partial charge in [-0.3, -0.25) is 4.79 Å². The highest BCUT2D eigenvalue weighted by Gasteiger charge is 2.28. The SMILES string of the molecule is COc1cccc2c1C(=O)CC(CC=O)S2. The van der Waals surface area contributed by atoms with Crippen LogP contribution in [0.1, 0.15) is 23.2 Å². The van der Waals surface area contributed by atoms with E-state index in [1.54, 1.807) is 24.9 Å². The van der Waals surface area contributed by atoms with Gasteiger partial charge in [-0.15, -0.1) is 11.8 Å². The van der Waals surface area contributed by atoms with Gasteiger partial charge in [0.1, 0.15) is 12.0 Å². The minimum Gasteiger partial charge on any atom is -0.496 e. The fraction of sp³-hybridized carbons (Fsp3) is 0.333. The summed E-state index contributed by atoms with van der Waals surface area (Å²) >= 11 is 1.58. The molecule has 16 heavy (non-hydrogen) atoms. The average Bonchev–Trinajstić information content (AvgIpc) is 2.28. The van der Waals surface area contributed by atoms with E-state index >= 15 is 0 Å². The minimum absolute atomic E-state index is 0.0676. The van der Waals surface area contributed by atoms with Crippen LogP contribution in [0.25, 0.3) is 0 Å².